The quantitative estimate of drug-likeness (QED) is 0.367. The first-order valence-electron chi connectivity index (χ1n) is 7.25. The van der Waals surface area contributed by atoms with Gasteiger partial charge in [-0.1, -0.05) is 24.3 Å². The summed E-state index contributed by atoms with van der Waals surface area (Å²) >= 11 is 0. The predicted molar refractivity (Wildman–Crippen MR) is 90.4 cm³/mol. The molecule has 1 aromatic heterocycles. The number of aromatic hydroxyl groups is 3. The second-order valence-corrected chi connectivity index (χ2v) is 5.50. The Morgan fingerprint density at radius 2 is 1.62 bits per heavy atom. The van der Waals surface area contributed by atoms with Crippen LogP contribution in [0.1, 0.15) is 0 Å². The first-order valence-corrected chi connectivity index (χ1v) is 7.25. The molecular weight excluding hydrogens is 308 g/mol. The van der Waals surface area contributed by atoms with Crippen molar-refractivity contribution in [1.29, 1.82) is 0 Å². The summed E-state index contributed by atoms with van der Waals surface area (Å²) in [7, 11) is 0. The van der Waals surface area contributed by atoms with Crippen molar-refractivity contribution in [3.63, 3.8) is 0 Å². The fourth-order valence-electron chi connectivity index (χ4n) is 2.78. The number of fused-ring (bicyclic) bond motifs is 2. The van der Waals surface area contributed by atoms with Gasteiger partial charge in [-0.15, -0.1) is 0 Å². The van der Waals surface area contributed by atoms with Gasteiger partial charge >= 0.3 is 0 Å². The summed E-state index contributed by atoms with van der Waals surface area (Å²) in [5.41, 5.74) is 0.306. The molecule has 0 saturated heterocycles. The van der Waals surface area contributed by atoms with E-state index in [1.54, 1.807) is 18.2 Å². The van der Waals surface area contributed by atoms with E-state index in [-0.39, 0.29) is 39.4 Å². The highest BCUT2D eigenvalue weighted by Gasteiger charge is 2.14. The van der Waals surface area contributed by atoms with Gasteiger partial charge in [-0.3, -0.25) is 4.79 Å². The van der Waals surface area contributed by atoms with Crippen LogP contribution >= 0.6 is 0 Å². The number of phenols is 3. The molecule has 1 heterocycles. The first-order chi connectivity index (χ1) is 11.5. The largest absolute Gasteiger partial charge is 0.506 e. The third-order valence-corrected chi connectivity index (χ3v) is 3.97. The van der Waals surface area contributed by atoms with Crippen LogP contribution in [0.25, 0.3) is 33.1 Å². The zero-order valence-electron chi connectivity index (χ0n) is 12.4. The van der Waals surface area contributed by atoms with Crippen molar-refractivity contribution in [3.05, 3.63) is 64.8 Å². The highest BCUT2D eigenvalue weighted by atomic mass is 16.3. The normalized spacial score (nSPS) is 11.2. The molecule has 3 aromatic carbocycles. The zero-order chi connectivity index (χ0) is 16.8. The summed E-state index contributed by atoms with van der Waals surface area (Å²) in [4.78, 5) is 12.5. The van der Waals surface area contributed by atoms with Gasteiger partial charge < -0.3 is 19.7 Å². The van der Waals surface area contributed by atoms with Crippen LogP contribution < -0.4 is 5.43 Å². The van der Waals surface area contributed by atoms with Crippen molar-refractivity contribution in [2.24, 2.45) is 0 Å². The van der Waals surface area contributed by atoms with Crippen LogP contribution in [0.3, 0.4) is 0 Å². The maximum atomic E-state index is 12.5. The topological polar surface area (TPSA) is 90.9 Å². The zero-order valence-corrected chi connectivity index (χ0v) is 12.4. The Kier molecular flexibility index (Phi) is 2.96. The van der Waals surface area contributed by atoms with E-state index in [0.29, 0.717) is 10.9 Å². The van der Waals surface area contributed by atoms with Gasteiger partial charge in [0, 0.05) is 17.0 Å². The molecular formula is C19H12O5. The second-order valence-electron chi connectivity index (χ2n) is 5.50. The van der Waals surface area contributed by atoms with Gasteiger partial charge in [0.1, 0.15) is 22.5 Å². The van der Waals surface area contributed by atoms with E-state index < -0.39 is 0 Å². The highest BCUT2D eigenvalue weighted by molar-refractivity contribution is 6.03. The highest BCUT2D eigenvalue weighted by Crippen LogP contribution is 2.35. The van der Waals surface area contributed by atoms with Gasteiger partial charge in [0.2, 0.25) is 0 Å². The molecule has 0 unspecified atom stereocenters. The summed E-state index contributed by atoms with van der Waals surface area (Å²) in [6, 6.07) is 14.2. The molecule has 0 fully saturated rings. The van der Waals surface area contributed by atoms with Crippen LogP contribution in [0.2, 0.25) is 0 Å². The van der Waals surface area contributed by atoms with Crippen molar-refractivity contribution in [1.82, 2.24) is 0 Å². The van der Waals surface area contributed by atoms with Crippen LogP contribution in [0.5, 0.6) is 17.2 Å². The molecule has 24 heavy (non-hydrogen) atoms. The van der Waals surface area contributed by atoms with Gasteiger partial charge in [0.05, 0.1) is 0 Å². The van der Waals surface area contributed by atoms with Gasteiger partial charge in [0.15, 0.2) is 16.9 Å². The number of phenolic OH excluding ortho intramolecular Hbond substituents is 3. The van der Waals surface area contributed by atoms with Crippen molar-refractivity contribution in [2.45, 2.75) is 0 Å². The Morgan fingerprint density at radius 3 is 2.42 bits per heavy atom. The molecule has 0 saturated carbocycles. The lowest BCUT2D eigenvalue weighted by Gasteiger charge is -2.08. The fourth-order valence-corrected chi connectivity index (χ4v) is 2.78. The lowest BCUT2D eigenvalue weighted by atomic mass is 10.0. The number of hydrogen-bond acceptors (Lipinski definition) is 5. The molecule has 118 valence electrons. The van der Waals surface area contributed by atoms with Crippen molar-refractivity contribution >= 4 is 21.7 Å². The average Bonchev–Trinajstić information content (AvgIpc) is 2.57. The fraction of sp³-hybridized carbons (Fsp3) is 0. The van der Waals surface area contributed by atoms with E-state index in [2.05, 4.69) is 0 Å². The van der Waals surface area contributed by atoms with Gasteiger partial charge in [-0.2, -0.15) is 0 Å². The lowest BCUT2D eigenvalue weighted by molar-refractivity contribution is 0.404. The Hall–Kier alpha value is -3.47. The smallest absolute Gasteiger partial charge is 0.197 e. The molecule has 0 atom stereocenters. The van der Waals surface area contributed by atoms with E-state index in [1.807, 2.05) is 12.1 Å². The van der Waals surface area contributed by atoms with Crippen LogP contribution in [0, 0.1) is 0 Å². The molecule has 0 bridgehead atoms. The molecule has 3 N–H and O–H groups in total. The molecule has 4 aromatic rings. The average molecular weight is 320 g/mol. The van der Waals surface area contributed by atoms with Gasteiger partial charge in [0.25, 0.3) is 0 Å². The Balaban J connectivity index is 2.05. The number of rotatable bonds is 1. The summed E-state index contributed by atoms with van der Waals surface area (Å²) in [5, 5.41) is 30.9. The maximum absolute atomic E-state index is 12.5. The van der Waals surface area contributed by atoms with E-state index in [9.17, 15) is 20.1 Å². The monoisotopic (exact) mass is 320 g/mol. The van der Waals surface area contributed by atoms with Crippen LogP contribution in [0.4, 0.5) is 0 Å². The summed E-state index contributed by atoms with van der Waals surface area (Å²) in [5.74, 6) is -0.448. The molecule has 0 aliphatic carbocycles. The van der Waals surface area contributed by atoms with Crippen molar-refractivity contribution in [3.8, 4) is 28.6 Å². The molecule has 0 aliphatic heterocycles. The molecule has 0 radical (unpaired) electrons. The van der Waals surface area contributed by atoms with Gasteiger partial charge in [-0.05, 0) is 29.7 Å². The molecule has 5 nitrogen and oxygen atoms in total. The van der Waals surface area contributed by atoms with E-state index in [0.717, 1.165) is 5.39 Å². The predicted octanol–water partition coefficient (Wildman–Crippen LogP) is 3.73. The molecule has 0 spiro atoms. The number of hydrogen-bond donors (Lipinski definition) is 3. The standard InChI is InChI=1S/C19H12O5/c20-13-6-5-11(7-14(13)21)16-9-15(22)18-17(24-16)8-10-3-1-2-4-12(10)19(18)23/h1-9,20-21,23H. The Labute approximate surface area is 135 Å². The second kappa shape index (κ2) is 5.03. The van der Waals surface area contributed by atoms with Crippen LogP contribution in [-0.2, 0) is 0 Å². The molecule has 5 heteroatoms. The maximum Gasteiger partial charge on any atom is 0.197 e. The third kappa shape index (κ3) is 2.06. The van der Waals surface area contributed by atoms with Gasteiger partial charge in [-0.25, -0.2) is 0 Å². The summed E-state index contributed by atoms with van der Waals surface area (Å²) in [6.07, 6.45) is 0. The summed E-state index contributed by atoms with van der Waals surface area (Å²) in [6.45, 7) is 0. The van der Waals surface area contributed by atoms with Crippen LogP contribution in [0.15, 0.2) is 63.8 Å². The Morgan fingerprint density at radius 1 is 0.833 bits per heavy atom. The van der Waals surface area contributed by atoms with E-state index in [4.69, 9.17) is 4.42 Å². The SMILES string of the molecule is O=c1cc(-c2ccc(O)c(O)c2)oc2cc3ccccc3c(O)c12. The third-order valence-electron chi connectivity index (χ3n) is 3.97. The van der Waals surface area contributed by atoms with E-state index >= 15 is 0 Å². The van der Waals surface area contributed by atoms with Crippen molar-refractivity contribution in [2.75, 3.05) is 0 Å². The lowest BCUT2D eigenvalue weighted by Crippen LogP contribution is -2.01. The molecule has 0 aliphatic rings. The summed E-state index contributed by atoms with van der Waals surface area (Å²) < 4.78 is 5.76. The minimum atomic E-state index is -0.387. The van der Waals surface area contributed by atoms with E-state index in [1.165, 1.54) is 24.3 Å². The Bertz CT molecular complexity index is 1160. The van der Waals surface area contributed by atoms with Crippen molar-refractivity contribution < 1.29 is 19.7 Å². The molecule has 0 amide bonds. The molecule has 4 rings (SSSR count). The number of benzene rings is 3. The minimum absolute atomic E-state index is 0.112. The first kappa shape index (κ1) is 14.1. The minimum Gasteiger partial charge on any atom is -0.506 e. The van der Waals surface area contributed by atoms with Crippen LogP contribution in [-0.4, -0.2) is 15.3 Å².